The maximum atomic E-state index is 14.3. The van der Waals surface area contributed by atoms with Crippen molar-refractivity contribution in [1.29, 1.82) is 0 Å². The Balaban J connectivity index is 1.41. The zero-order chi connectivity index (χ0) is 26.4. The van der Waals surface area contributed by atoms with Crippen LogP contribution in [0.15, 0.2) is 89.5 Å². The van der Waals surface area contributed by atoms with Crippen molar-refractivity contribution < 1.29 is 23.5 Å². The monoisotopic (exact) mass is 651 g/mol. The number of furan rings is 1. The lowest BCUT2D eigenvalue weighted by molar-refractivity contribution is -0.122. The van der Waals surface area contributed by atoms with Crippen LogP contribution < -0.4 is 9.64 Å². The van der Waals surface area contributed by atoms with E-state index < -0.39 is 38.3 Å². The molecule has 1 aromatic heterocycles. The van der Waals surface area contributed by atoms with Gasteiger partial charge in [0.1, 0.15) is 0 Å². The average molecular weight is 654 g/mol. The van der Waals surface area contributed by atoms with Crippen molar-refractivity contribution in [3.8, 4) is 5.75 Å². The van der Waals surface area contributed by atoms with Gasteiger partial charge in [-0.05, 0) is 52.6 Å². The molecule has 6 nitrogen and oxygen atoms in total. The zero-order valence-corrected chi connectivity index (χ0v) is 23.3. The lowest BCUT2D eigenvalue weighted by Crippen LogP contribution is -2.56. The number of benzene rings is 3. The topological polar surface area (TPSA) is 76.8 Å². The van der Waals surface area contributed by atoms with Gasteiger partial charge >= 0.3 is 5.97 Å². The minimum Gasteiger partial charge on any atom is -0.457 e. The lowest BCUT2D eigenvalue weighted by Gasteiger charge is -2.55. The number of hydrogen-bond acceptors (Lipinski definition) is 5. The predicted molar refractivity (Wildman–Crippen MR) is 147 cm³/mol. The Hall–Kier alpha value is -3.20. The maximum Gasteiger partial charge on any atom is 0.379 e. The normalized spacial score (nSPS) is 26.7. The van der Waals surface area contributed by atoms with E-state index in [0.717, 1.165) is 27.2 Å². The summed E-state index contributed by atoms with van der Waals surface area (Å²) in [5, 5.41) is 0.282. The fraction of sp³-hybridized carbons (Fsp3) is 0.138. The van der Waals surface area contributed by atoms with Gasteiger partial charge in [-0.1, -0.05) is 92.0 Å². The Labute approximate surface area is 238 Å². The van der Waals surface area contributed by atoms with Gasteiger partial charge in [0.2, 0.25) is 17.6 Å². The first-order chi connectivity index (χ1) is 18.3. The van der Waals surface area contributed by atoms with E-state index in [4.69, 9.17) is 20.8 Å². The van der Waals surface area contributed by atoms with Gasteiger partial charge in [0, 0.05) is 5.02 Å². The molecule has 8 rings (SSSR count). The van der Waals surface area contributed by atoms with Crippen molar-refractivity contribution in [3.63, 3.8) is 0 Å². The number of amides is 2. The van der Waals surface area contributed by atoms with E-state index in [1.54, 1.807) is 6.07 Å². The van der Waals surface area contributed by atoms with Gasteiger partial charge in [-0.3, -0.25) is 9.59 Å². The number of halogens is 3. The fourth-order valence-electron chi connectivity index (χ4n) is 6.20. The van der Waals surface area contributed by atoms with Crippen LogP contribution in [-0.4, -0.2) is 17.8 Å². The van der Waals surface area contributed by atoms with Gasteiger partial charge in [0.05, 0.1) is 32.4 Å². The van der Waals surface area contributed by atoms with Crippen molar-refractivity contribution >= 4 is 66.9 Å². The summed E-state index contributed by atoms with van der Waals surface area (Å²) in [6.45, 7) is 0. The highest BCUT2D eigenvalue weighted by Crippen LogP contribution is 2.71. The predicted octanol–water partition coefficient (Wildman–Crippen LogP) is 6.56. The number of carbonyl (C=O) groups is 3. The van der Waals surface area contributed by atoms with Crippen LogP contribution in [0, 0.1) is 11.8 Å². The van der Waals surface area contributed by atoms with Crippen LogP contribution in [-0.2, 0) is 18.2 Å². The largest absolute Gasteiger partial charge is 0.457 e. The standard InChI is InChI=1S/C29H16Br2ClNO5/c30-28-16-6-1-2-7-17(16)29(31,19-9-4-3-8-18(19)28)24-23(28)25(34)33(26(24)35)20-14-15(32)11-12-21(20)38-27(36)22-10-5-13-37-22/h1-14,23-24H/t23-,24+,28?,29?. The quantitative estimate of drug-likeness (QED) is 0.108. The van der Waals surface area contributed by atoms with Crippen LogP contribution in [0.25, 0.3) is 0 Å². The summed E-state index contributed by atoms with van der Waals surface area (Å²) in [6, 6.07) is 23.2. The molecule has 4 aliphatic rings. The molecule has 3 aromatic carbocycles. The van der Waals surface area contributed by atoms with E-state index in [0.29, 0.717) is 0 Å². The number of imide groups is 1. The highest BCUT2D eigenvalue weighted by molar-refractivity contribution is 9.10. The second-order valence-corrected chi connectivity index (χ2v) is 12.4. The summed E-state index contributed by atoms with van der Waals surface area (Å²) >= 11 is 14.3. The van der Waals surface area contributed by atoms with Crippen molar-refractivity contribution in [3.05, 3.63) is 118 Å². The maximum absolute atomic E-state index is 14.3. The molecular weight excluding hydrogens is 638 g/mol. The van der Waals surface area contributed by atoms with Gasteiger partial charge < -0.3 is 9.15 Å². The Kier molecular flexibility index (Phi) is 5.12. The molecule has 1 aliphatic heterocycles. The SMILES string of the molecule is O=C(Oc1ccc(Cl)cc1N1C(=O)[C@@H]2[C@H](C1=O)C1(Br)c3ccccc3C2(Br)c2ccccc21)c1ccco1. The smallest absolute Gasteiger partial charge is 0.379 e. The average Bonchev–Trinajstić information content (AvgIpc) is 3.55. The minimum atomic E-state index is -0.939. The van der Waals surface area contributed by atoms with Crippen LogP contribution >= 0.6 is 43.5 Å². The Bertz CT molecular complexity index is 1560. The summed E-state index contributed by atoms with van der Waals surface area (Å²) < 4.78 is 8.86. The number of alkyl halides is 2. The third-order valence-electron chi connectivity index (χ3n) is 7.67. The zero-order valence-electron chi connectivity index (χ0n) is 19.4. The second kappa shape index (κ2) is 8.15. The van der Waals surface area contributed by atoms with Crippen LogP contribution in [0.3, 0.4) is 0 Å². The number of ether oxygens (including phenoxy) is 1. The second-order valence-electron chi connectivity index (χ2n) is 9.46. The summed E-state index contributed by atoms with van der Waals surface area (Å²) in [5.74, 6) is -3.13. The van der Waals surface area contributed by atoms with E-state index in [9.17, 15) is 14.4 Å². The van der Waals surface area contributed by atoms with Crippen molar-refractivity contribution in [1.82, 2.24) is 0 Å². The number of hydrogen-bond donors (Lipinski definition) is 0. The molecule has 2 bridgehead atoms. The molecule has 0 unspecified atom stereocenters. The number of nitrogens with zero attached hydrogens (tertiary/aromatic N) is 1. The first-order valence-electron chi connectivity index (χ1n) is 11.8. The van der Waals surface area contributed by atoms with Crippen molar-refractivity contribution in [2.45, 2.75) is 8.65 Å². The molecule has 0 saturated carbocycles. The molecule has 2 heterocycles. The number of anilines is 1. The number of rotatable bonds is 3. The molecule has 2 atom stereocenters. The fourth-order valence-corrected chi connectivity index (χ4v) is 8.67. The van der Waals surface area contributed by atoms with E-state index in [1.807, 2.05) is 48.5 Å². The third kappa shape index (κ3) is 2.91. The van der Waals surface area contributed by atoms with Gasteiger partial charge in [-0.15, -0.1) is 0 Å². The first kappa shape index (κ1) is 23.9. The van der Waals surface area contributed by atoms with E-state index >= 15 is 0 Å². The summed E-state index contributed by atoms with van der Waals surface area (Å²) in [7, 11) is 0. The third-order valence-corrected chi connectivity index (χ3v) is 10.6. The lowest BCUT2D eigenvalue weighted by atomic mass is 9.54. The summed E-state index contributed by atoms with van der Waals surface area (Å²) in [5.41, 5.74) is 3.80. The highest BCUT2D eigenvalue weighted by Gasteiger charge is 2.72. The Morgan fingerprint density at radius 3 is 1.82 bits per heavy atom. The van der Waals surface area contributed by atoms with E-state index in [1.165, 1.54) is 30.5 Å². The molecule has 4 aromatic rings. The van der Waals surface area contributed by atoms with Gasteiger partial charge in [-0.25, -0.2) is 9.69 Å². The van der Waals surface area contributed by atoms with Gasteiger partial charge in [0.15, 0.2) is 5.75 Å². The van der Waals surface area contributed by atoms with Crippen LogP contribution in [0.4, 0.5) is 5.69 Å². The molecule has 188 valence electrons. The van der Waals surface area contributed by atoms with Crippen molar-refractivity contribution in [2.75, 3.05) is 4.90 Å². The van der Waals surface area contributed by atoms with E-state index in [-0.39, 0.29) is 22.2 Å². The number of esters is 1. The van der Waals surface area contributed by atoms with Gasteiger partial charge in [-0.2, -0.15) is 0 Å². The molecule has 9 heteroatoms. The molecular formula is C29H16Br2ClNO5. The molecule has 3 aliphatic carbocycles. The molecule has 1 saturated heterocycles. The van der Waals surface area contributed by atoms with E-state index in [2.05, 4.69) is 31.9 Å². The Morgan fingerprint density at radius 2 is 1.34 bits per heavy atom. The molecule has 0 N–H and O–H groups in total. The van der Waals surface area contributed by atoms with Crippen LogP contribution in [0.1, 0.15) is 32.8 Å². The van der Waals surface area contributed by atoms with Crippen LogP contribution in [0.2, 0.25) is 5.02 Å². The summed E-state index contributed by atoms with van der Waals surface area (Å²) in [6.07, 6.45) is 1.35. The molecule has 1 fully saturated rings. The number of carbonyl (C=O) groups excluding carboxylic acids is 3. The summed E-state index contributed by atoms with van der Waals surface area (Å²) in [4.78, 5) is 42.5. The molecule has 38 heavy (non-hydrogen) atoms. The first-order valence-corrected chi connectivity index (χ1v) is 13.7. The Morgan fingerprint density at radius 1 is 0.816 bits per heavy atom. The van der Waals surface area contributed by atoms with Crippen LogP contribution in [0.5, 0.6) is 5.75 Å². The van der Waals surface area contributed by atoms with Crippen molar-refractivity contribution in [2.24, 2.45) is 11.8 Å². The molecule has 0 spiro atoms. The highest BCUT2D eigenvalue weighted by atomic mass is 79.9. The van der Waals surface area contributed by atoms with Gasteiger partial charge in [0.25, 0.3) is 0 Å². The minimum absolute atomic E-state index is 0.0126. The molecule has 2 amide bonds. The molecule has 0 radical (unpaired) electrons.